The fourth-order valence-electron chi connectivity index (χ4n) is 2.73. The van der Waals surface area contributed by atoms with Crippen molar-refractivity contribution in [1.82, 2.24) is 4.31 Å². The van der Waals surface area contributed by atoms with Gasteiger partial charge in [-0.25, -0.2) is 8.42 Å². The second kappa shape index (κ2) is 6.67. The Labute approximate surface area is 142 Å². The number of sulfonamides is 1. The van der Waals surface area contributed by atoms with Gasteiger partial charge in [0, 0.05) is 12.3 Å². The van der Waals surface area contributed by atoms with Crippen molar-refractivity contribution >= 4 is 21.8 Å². The van der Waals surface area contributed by atoms with E-state index in [9.17, 15) is 8.42 Å². The van der Waals surface area contributed by atoms with Crippen LogP contribution in [0, 0.1) is 6.92 Å². The highest BCUT2D eigenvalue weighted by Gasteiger charge is 2.36. The van der Waals surface area contributed by atoms with Gasteiger partial charge in [-0.3, -0.25) is 0 Å². The van der Waals surface area contributed by atoms with Gasteiger partial charge in [0.25, 0.3) is 0 Å². The van der Waals surface area contributed by atoms with Crippen molar-refractivity contribution in [2.24, 2.45) is 0 Å². The molecule has 0 aliphatic carbocycles. The predicted octanol–water partition coefficient (Wildman–Crippen LogP) is 3.99. The van der Waals surface area contributed by atoms with Crippen molar-refractivity contribution in [2.75, 3.05) is 12.3 Å². The van der Waals surface area contributed by atoms with Crippen molar-refractivity contribution in [3.05, 3.63) is 65.2 Å². The van der Waals surface area contributed by atoms with Gasteiger partial charge < -0.3 is 0 Å². The molecule has 23 heavy (non-hydrogen) atoms. The Morgan fingerprint density at radius 3 is 2.35 bits per heavy atom. The average Bonchev–Trinajstić information content (AvgIpc) is 3.06. The van der Waals surface area contributed by atoms with Crippen LogP contribution in [0.25, 0.3) is 0 Å². The molecule has 0 unspecified atom stereocenters. The molecule has 5 heteroatoms. The zero-order chi connectivity index (χ0) is 16.4. The number of hydrogen-bond donors (Lipinski definition) is 0. The molecule has 0 aromatic heterocycles. The molecule has 3 nitrogen and oxygen atoms in total. The fraction of sp³-hybridized carbons (Fsp3) is 0.333. The van der Waals surface area contributed by atoms with Crippen LogP contribution in [0.3, 0.4) is 0 Å². The van der Waals surface area contributed by atoms with Gasteiger partial charge in [0.2, 0.25) is 10.0 Å². The summed E-state index contributed by atoms with van der Waals surface area (Å²) in [6, 6.07) is 15.4. The van der Waals surface area contributed by atoms with Crippen LogP contribution in [-0.4, -0.2) is 25.0 Å². The molecule has 1 aliphatic heterocycles. The third-order valence-corrected chi connectivity index (χ3v) is 7.42. The first-order valence-electron chi connectivity index (χ1n) is 7.81. The average molecular weight is 348 g/mol. The smallest absolute Gasteiger partial charge is 0.207 e. The summed E-state index contributed by atoms with van der Waals surface area (Å²) in [6.07, 6.45) is 0.909. The van der Waals surface area contributed by atoms with E-state index >= 15 is 0 Å². The van der Waals surface area contributed by atoms with Gasteiger partial charge in [0.15, 0.2) is 0 Å². The molecule has 2 aromatic rings. The largest absolute Gasteiger partial charge is 0.244 e. The van der Waals surface area contributed by atoms with Crippen LogP contribution in [-0.2, 0) is 16.4 Å². The van der Waals surface area contributed by atoms with E-state index in [0.717, 1.165) is 23.3 Å². The topological polar surface area (TPSA) is 37.4 Å². The lowest BCUT2D eigenvalue weighted by Crippen LogP contribution is -2.30. The molecule has 1 saturated heterocycles. The van der Waals surface area contributed by atoms with E-state index in [0.29, 0.717) is 11.4 Å². The van der Waals surface area contributed by atoms with E-state index in [1.54, 1.807) is 28.2 Å². The highest BCUT2D eigenvalue weighted by molar-refractivity contribution is 8.01. The first kappa shape index (κ1) is 16.6. The maximum Gasteiger partial charge on any atom is 0.244 e. The summed E-state index contributed by atoms with van der Waals surface area (Å²) in [5, 5.41) is -0.133. The Kier molecular flexibility index (Phi) is 4.80. The molecule has 122 valence electrons. The number of rotatable bonds is 4. The maximum atomic E-state index is 13.0. The molecule has 1 heterocycles. The van der Waals surface area contributed by atoms with Crippen molar-refractivity contribution < 1.29 is 8.42 Å². The van der Waals surface area contributed by atoms with Gasteiger partial charge in [-0.1, -0.05) is 48.9 Å². The molecular formula is C18H21NO2S2. The van der Waals surface area contributed by atoms with Gasteiger partial charge in [-0.15, -0.1) is 11.8 Å². The predicted molar refractivity (Wildman–Crippen MR) is 96.1 cm³/mol. The summed E-state index contributed by atoms with van der Waals surface area (Å²) in [6.45, 7) is 4.66. The third-order valence-electron chi connectivity index (χ3n) is 4.15. The lowest BCUT2D eigenvalue weighted by Gasteiger charge is -2.23. The van der Waals surface area contributed by atoms with Crippen molar-refractivity contribution in [1.29, 1.82) is 0 Å². The van der Waals surface area contributed by atoms with E-state index in [4.69, 9.17) is 0 Å². The van der Waals surface area contributed by atoms with Crippen LogP contribution < -0.4 is 0 Å². The number of aryl methyl sites for hydroxylation is 2. The lowest BCUT2D eigenvalue weighted by atomic mass is 10.1. The zero-order valence-corrected chi connectivity index (χ0v) is 15.0. The molecule has 0 spiro atoms. The standard InChI is InChI=1S/C18H21NO2S2/c1-3-15-6-10-17(11-7-15)23(20,21)19-12-13-22-18(19)16-8-4-14(2)5-9-16/h4-11,18H,3,12-13H2,1-2H3/t18-/m1/s1. The van der Waals surface area contributed by atoms with E-state index in [1.165, 1.54) is 5.56 Å². The van der Waals surface area contributed by atoms with Crippen molar-refractivity contribution in [3.8, 4) is 0 Å². The molecule has 0 radical (unpaired) electrons. The first-order chi connectivity index (χ1) is 11.0. The molecule has 1 aliphatic rings. The molecule has 1 fully saturated rings. The van der Waals surface area contributed by atoms with E-state index in [-0.39, 0.29) is 5.37 Å². The lowest BCUT2D eigenvalue weighted by molar-refractivity contribution is 0.434. The van der Waals surface area contributed by atoms with E-state index in [1.807, 2.05) is 43.3 Å². The molecule has 1 atom stereocenters. The van der Waals surface area contributed by atoms with Crippen molar-refractivity contribution in [3.63, 3.8) is 0 Å². The number of nitrogens with zero attached hydrogens (tertiary/aromatic N) is 1. The Hall–Kier alpha value is -1.30. The van der Waals surface area contributed by atoms with Gasteiger partial charge in [0.05, 0.1) is 10.3 Å². The van der Waals surface area contributed by atoms with Crippen molar-refractivity contribution in [2.45, 2.75) is 30.5 Å². The van der Waals surface area contributed by atoms with E-state index < -0.39 is 10.0 Å². The van der Waals surface area contributed by atoms with Crippen LogP contribution in [0.2, 0.25) is 0 Å². The summed E-state index contributed by atoms with van der Waals surface area (Å²) in [4.78, 5) is 0.384. The normalized spacial score (nSPS) is 19.1. The maximum absolute atomic E-state index is 13.0. The number of hydrogen-bond acceptors (Lipinski definition) is 3. The molecule has 0 bridgehead atoms. The van der Waals surface area contributed by atoms with Crippen LogP contribution in [0.5, 0.6) is 0 Å². The van der Waals surface area contributed by atoms with Gasteiger partial charge in [-0.05, 0) is 36.6 Å². The van der Waals surface area contributed by atoms with E-state index in [2.05, 4.69) is 6.92 Å². The minimum absolute atomic E-state index is 0.133. The molecule has 0 saturated carbocycles. The molecule has 0 amide bonds. The second-order valence-electron chi connectivity index (χ2n) is 5.75. The number of benzene rings is 2. The quantitative estimate of drug-likeness (QED) is 0.839. The fourth-order valence-corrected chi connectivity index (χ4v) is 5.97. The summed E-state index contributed by atoms with van der Waals surface area (Å²) in [5.74, 6) is 0.824. The Morgan fingerprint density at radius 2 is 1.74 bits per heavy atom. The van der Waals surface area contributed by atoms with Crippen LogP contribution >= 0.6 is 11.8 Å². The molecule has 2 aromatic carbocycles. The van der Waals surface area contributed by atoms with Crippen LogP contribution in [0.1, 0.15) is 29.0 Å². The minimum atomic E-state index is -3.46. The summed E-state index contributed by atoms with van der Waals surface area (Å²) >= 11 is 1.69. The monoisotopic (exact) mass is 347 g/mol. The highest BCUT2D eigenvalue weighted by Crippen LogP contribution is 2.41. The van der Waals surface area contributed by atoms with Gasteiger partial charge in [-0.2, -0.15) is 4.31 Å². The molecular weight excluding hydrogens is 326 g/mol. The number of thioether (sulfide) groups is 1. The highest BCUT2D eigenvalue weighted by atomic mass is 32.2. The molecule has 0 N–H and O–H groups in total. The summed E-state index contributed by atoms with van der Waals surface area (Å²) < 4.78 is 27.6. The Morgan fingerprint density at radius 1 is 1.09 bits per heavy atom. The third kappa shape index (κ3) is 3.32. The zero-order valence-electron chi connectivity index (χ0n) is 13.4. The summed E-state index contributed by atoms with van der Waals surface area (Å²) in [5.41, 5.74) is 3.38. The Bertz CT molecular complexity index is 768. The van der Waals surface area contributed by atoms with Crippen LogP contribution in [0.15, 0.2) is 53.4 Å². The molecule has 3 rings (SSSR count). The minimum Gasteiger partial charge on any atom is -0.207 e. The Balaban J connectivity index is 1.92. The van der Waals surface area contributed by atoms with Crippen LogP contribution in [0.4, 0.5) is 0 Å². The SMILES string of the molecule is CCc1ccc(S(=O)(=O)N2CCS[C@@H]2c2ccc(C)cc2)cc1. The van der Waals surface area contributed by atoms with Gasteiger partial charge in [0.1, 0.15) is 0 Å². The first-order valence-corrected chi connectivity index (χ1v) is 10.3. The second-order valence-corrected chi connectivity index (χ2v) is 8.83. The summed E-state index contributed by atoms with van der Waals surface area (Å²) in [7, 11) is -3.46. The van der Waals surface area contributed by atoms with Gasteiger partial charge >= 0.3 is 0 Å².